The maximum absolute atomic E-state index is 14.0. The van der Waals surface area contributed by atoms with Gasteiger partial charge in [-0.05, 0) is 60.5 Å². The van der Waals surface area contributed by atoms with Crippen molar-refractivity contribution in [3.8, 4) is 11.1 Å². The lowest BCUT2D eigenvalue weighted by Gasteiger charge is -2.16. The van der Waals surface area contributed by atoms with Crippen LogP contribution in [0.15, 0.2) is 95.5 Å². The van der Waals surface area contributed by atoms with E-state index in [4.69, 9.17) is 0 Å². The van der Waals surface area contributed by atoms with Crippen molar-refractivity contribution in [3.05, 3.63) is 96.4 Å². The van der Waals surface area contributed by atoms with E-state index < -0.39 is 16.1 Å². The molecule has 5 rings (SSSR count). The number of nitrogens with one attached hydrogen (secondary N) is 2. The van der Waals surface area contributed by atoms with Crippen LogP contribution in [0, 0.1) is 5.82 Å². The van der Waals surface area contributed by atoms with Crippen LogP contribution in [0.5, 0.6) is 0 Å². The number of thiazole rings is 1. The van der Waals surface area contributed by atoms with Gasteiger partial charge in [-0.25, -0.2) is 17.8 Å². The van der Waals surface area contributed by atoms with E-state index in [0.29, 0.717) is 21.7 Å². The number of hydrogen-bond acceptors (Lipinski definition) is 5. The van der Waals surface area contributed by atoms with Gasteiger partial charge in [0.2, 0.25) is 5.91 Å². The second-order valence-corrected chi connectivity index (χ2v) is 10.7. The zero-order valence-corrected chi connectivity index (χ0v) is 20.7. The summed E-state index contributed by atoms with van der Waals surface area (Å²) in [5.41, 5.74) is 2.96. The number of sulfonamides is 1. The third-order valence-corrected chi connectivity index (χ3v) is 7.98. The van der Waals surface area contributed by atoms with Crippen molar-refractivity contribution in [2.45, 2.75) is 17.9 Å². The first-order valence-electron chi connectivity index (χ1n) is 11.0. The van der Waals surface area contributed by atoms with Crippen LogP contribution in [0.3, 0.4) is 0 Å². The van der Waals surface area contributed by atoms with Gasteiger partial charge < -0.3 is 9.88 Å². The highest BCUT2D eigenvalue weighted by molar-refractivity contribution is 7.93. The van der Waals surface area contributed by atoms with Crippen molar-refractivity contribution >= 4 is 49.0 Å². The molecule has 10 heteroatoms. The number of halogens is 1. The number of benzene rings is 3. The normalized spacial score (nSPS) is 12.4. The molecule has 0 bridgehead atoms. The predicted octanol–water partition coefficient (Wildman–Crippen LogP) is 5.90. The fourth-order valence-electron chi connectivity index (χ4n) is 3.88. The zero-order valence-electron chi connectivity index (χ0n) is 19.1. The molecule has 36 heavy (non-hydrogen) atoms. The van der Waals surface area contributed by atoms with Gasteiger partial charge in [-0.15, -0.1) is 11.3 Å². The van der Waals surface area contributed by atoms with Crippen LogP contribution in [0.4, 0.5) is 15.2 Å². The minimum absolute atomic E-state index is 0.136. The molecule has 3 aromatic carbocycles. The number of hydrogen-bond donors (Lipinski definition) is 2. The molecule has 0 unspecified atom stereocenters. The van der Waals surface area contributed by atoms with Gasteiger partial charge >= 0.3 is 0 Å². The Morgan fingerprint density at radius 3 is 2.36 bits per heavy atom. The molecule has 2 aromatic heterocycles. The van der Waals surface area contributed by atoms with E-state index in [2.05, 4.69) is 15.0 Å². The van der Waals surface area contributed by atoms with Crippen molar-refractivity contribution in [2.24, 2.45) is 0 Å². The first kappa shape index (κ1) is 23.7. The average molecular weight is 521 g/mol. The molecule has 2 heterocycles. The van der Waals surface area contributed by atoms with Crippen molar-refractivity contribution in [1.29, 1.82) is 0 Å². The van der Waals surface area contributed by atoms with Crippen LogP contribution in [-0.2, 0) is 14.8 Å². The number of nitrogens with zero attached hydrogens (tertiary/aromatic N) is 2. The van der Waals surface area contributed by atoms with E-state index in [9.17, 15) is 17.6 Å². The lowest BCUT2D eigenvalue weighted by molar-refractivity contribution is -0.118. The summed E-state index contributed by atoms with van der Waals surface area (Å²) in [6, 6.07) is 19.7. The molecular formula is C26H21FN4O3S2. The second-order valence-electron chi connectivity index (χ2n) is 8.11. The quantitative estimate of drug-likeness (QED) is 0.279. The van der Waals surface area contributed by atoms with Crippen LogP contribution in [-0.4, -0.2) is 23.9 Å². The Hall–Kier alpha value is -4.02. The number of fused-ring (bicyclic) bond motifs is 1. The molecule has 0 aliphatic rings. The summed E-state index contributed by atoms with van der Waals surface area (Å²) in [6.07, 6.45) is 3.24. The molecule has 0 aliphatic carbocycles. The average Bonchev–Trinajstić information content (AvgIpc) is 3.54. The van der Waals surface area contributed by atoms with Crippen molar-refractivity contribution in [3.63, 3.8) is 0 Å². The Labute approximate surface area is 211 Å². The highest BCUT2D eigenvalue weighted by Gasteiger charge is 2.18. The summed E-state index contributed by atoms with van der Waals surface area (Å²) in [6.45, 7) is 1.76. The van der Waals surface area contributed by atoms with Crippen LogP contribution in [0.2, 0.25) is 0 Å². The van der Waals surface area contributed by atoms with Crippen molar-refractivity contribution < 1.29 is 17.6 Å². The summed E-state index contributed by atoms with van der Waals surface area (Å²) in [5, 5.41) is 5.36. The van der Waals surface area contributed by atoms with E-state index in [1.165, 1.54) is 35.7 Å². The van der Waals surface area contributed by atoms with Gasteiger partial charge in [-0.3, -0.25) is 9.52 Å². The first-order chi connectivity index (χ1) is 17.3. The van der Waals surface area contributed by atoms with E-state index in [1.807, 2.05) is 12.1 Å². The number of rotatable bonds is 7. The van der Waals surface area contributed by atoms with Crippen molar-refractivity contribution in [1.82, 2.24) is 9.55 Å². The Balaban J connectivity index is 1.27. The largest absolute Gasteiger partial charge is 0.335 e. The molecule has 0 fully saturated rings. The van der Waals surface area contributed by atoms with E-state index in [1.54, 1.807) is 65.5 Å². The van der Waals surface area contributed by atoms with Gasteiger partial charge in [0.1, 0.15) is 11.9 Å². The topological polar surface area (TPSA) is 93.1 Å². The molecule has 7 nitrogen and oxygen atoms in total. The minimum Gasteiger partial charge on any atom is -0.335 e. The number of aromatic nitrogens is 2. The molecule has 0 aliphatic heterocycles. The van der Waals surface area contributed by atoms with Gasteiger partial charge in [-0.1, -0.05) is 30.3 Å². The fraction of sp³-hybridized carbons (Fsp3) is 0.0769. The molecule has 182 valence electrons. The van der Waals surface area contributed by atoms with Crippen molar-refractivity contribution in [2.75, 3.05) is 10.0 Å². The minimum atomic E-state index is -3.72. The number of carbonyl (C=O) groups excluding carboxylic acids is 1. The Morgan fingerprint density at radius 1 is 1.00 bits per heavy atom. The lowest BCUT2D eigenvalue weighted by Crippen LogP contribution is -2.23. The molecular weight excluding hydrogens is 499 g/mol. The number of anilines is 2. The van der Waals surface area contributed by atoms with E-state index in [0.717, 1.165) is 11.1 Å². The van der Waals surface area contributed by atoms with E-state index in [-0.39, 0.29) is 16.6 Å². The maximum Gasteiger partial charge on any atom is 0.263 e. The predicted molar refractivity (Wildman–Crippen MR) is 140 cm³/mol. The lowest BCUT2D eigenvalue weighted by atomic mass is 10.1. The standard InChI is InChI=1S/C26H21FN4O3S2/c1-17(31-15-13-22-23(27)3-2-4-24(22)31)25(32)29-20-9-5-18(6-10-20)19-7-11-21(12-8-19)36(33,34)30-26-28-14-16-35-26/h2-17H,1H3,(H,28,30)(H,29,32)/t17-/m0/s1. The molecule has 2 N–H and O–H groups in total. The molecule has 1 atom stereocenters. The smallest absolute Gasteiger partial charge is 0.263 e. The van der Waals surface area contributed by atoms with Gasteiger partial charge in [0.05, 0.1) is 10.4 Å². The summed E-state index contributed by atoms with van der Waals surface area (Å²) >= 11 is 1.20. The molecule has 0 saturated carbocycles. The van der Waals surface area contributed by atoms with Gasteiger partial charge in [0, 0.05) is 28.8 Å². The SMILES string of the molecule is C[C@@H](C(=O)Nc1ccc(-c2ccc(S(=O)(=O)Nc3nccs3)cc2)cc1)n1ccc2c(F)cccc21. The van der Waals surface area contributed by atoms with Gasteiger partial charge in [-0.2, -0.15) is 0 Å². The Morgan fingerprint density at radius 2 is 1.69 bits per heavy atom. The monoisotopic (exact) mass is 520 g/mol. The highest BCUT2D eigenvalue weighted by atomic mass is 32.2. The first-order valence-corrected chi connectivity index (χ1v) is 13.4. The maximum atomic E-state index is 14.0. The molecule has 5 aromatic rings. The van der Waals surface area contributed by atoms with Crippen LogP contribution >= 0.6 is 11.3 Å². The molecule has 0 saturated heterocycles. The van der Waals surface area contributed by atoms with Gasteiger partial charge in [0.15, 0.2) is 5.13 Å². The second kappa shape index (κ2) is 9.56. The Kier molecular flexibility index (Phi) is 6.29. The molecule has 1 amide bonds. The highest BCUT2D eigenvalue weighted by Crippen LogP contribution is 2.26. The van der Waals surface area contributed by atoms with Crippen LogP contribution < -0.4 is 10.0 Å². The third kappa shape index (κ3) is 4.73. The molecule has 0 radical (unpaired) electrons. The van der Waals surface area contributed by atoms with Crippen LogP contribution in [0.1, 0.15) is 13.0 Å². The molecule has 0 spiro atoms. The summed E-state index contributed by atoms with van der Waals surface area (Å²) in [4.78, 5) is 16.9. The number of carbonyl (C=O) groups is 1. The number of amides is 1. The summed E-state index contributed by atoms with van der Waals surface area (Å²) < 4.78 is 43.2. The summed E-state index contributed by atoms with van der Waals surface area (Å²) in [5.74, 6) is -0.553. The Bertz CT molecular complexity index is 1630. The fourth-order valence-corrected chi connectivity index (χ4v) is 5.67. The summed E-state index contributed by atoms with van der Waals surface area (Å²) in [7, 11) is -3.72. The van der Waals surface area contributed by atoms with Crippen LogP contribution in [0.25, 0.3) is 22.0 Å². The zero-order chi connectivity index (χ0) is 25.3. The third-order valence-electron chi connectivity index (χ3n) is 5.81. The van der Waals surface area contributed by atoms with Gasteiger partial charge in [0.25, 0.3) is 10.0 Å². The van der Waals surface area contributed by atoms with E-state index >= 15 is 0 Å².